The molecule has 5 rings (SSSR count). The maximum atomic E-state index is 13.1. The highest BCUT2D eigenvalue weighted by Gasteiger charge is 2.78. The van der Waals surface area contributed by atoms with Gasteiger partial charge in [-0.2, -0.15) is 0 Å². The third kappa shape index (κ3) is 1.95. The maximum absolute atomic E-state index is 13.1. The number of ketones is 2. The Morgan fingerprint density at radius 2 is 1.83 bits per heavy atom. The molecule has 0 aromatic rings. The van der Waals surface area contributed by atoms with Crippen LogP contribution in [0.2, 0.25) is 0 Å². The number of carbonyl (C=O) groups excluding carboxylic acids is 3. The number of methoxy groups -OCH3 is 1. The zero-order chi connectivity index (χ0) is 20.8. The molecule has 156 valence electrons. The van der Waals surface area contributed by atoms with Crippen LogP contribution in [0.4, 0.5) is 0 Å². The minimum absolute atomic E-state index is 0.0750. The molecular weight excluding hydrogens is 364 g/mol. The number of esters is 1. The molecule has 0 heterocycles. The van der Waals surface area contributed by atoms with Crippen LogP contribution in [-0.4, -0.2) is 24.6 Å². The molecule has 7 atom stereocenters. The van der Waals surface area contributed by atoms with Crippen molar-refractivity contribution < 1.29 is 19.1 Å². The second-order valence-corrected chi connectivity index (χ2v) is 10.8. The molecule has 0 aromatic carbocycles. The Kier molecular flexibility index (Phi) is 3.79. The fourth-order valence-electron chi connectivity index (χ4n) is 8.91. The van der Waals surface area contributed by atoms with Crippen molar-refractivity contribution in [1.29, 1.82) is 0 Å². The Bertz CT molecular complexity index is 883. The van der Waals surface area contributed by atoms with Gasteiger partial charge in [0.15, 0.2) is 5.78 Å². The van der Waals surface area contributed by atoms with E-state index in [9.17, 15) is 14.4 Å². The highest BCUT2D eigenvalue weighted by Crippen LogP contribution is 2.80. The van der Waals surface area contributed by atoms with Crippen LogP contribution in [0.1, 0.15) is 65.7 Å². The molecule has 0 N–H and O–H groups in total. The van der Waals surface area contributed by atoms with Gasteiger partial charge in [-0.25, -0.2) is 0 Å². The van der Waals surface area contributed by atoms with Crippen molar-refractivity contribution >= 4 is 17.5 Å². The molecule has 0 aromatic heterocycles. The lowest BCUT2D eigenvalue weighted by Gasteiger charge is -2.62. The highest BCUT2D eigenvalue weighted by molar-refractivity contribution is 5.94. The number of Topliss-reactive ketones (excluding diaryl/α,β-unsaturated/α-hetero) is 1. The number of hydrogen-bond donors (Lipinski definition) is 0. The summed E-state index contributed by atoms with van der Waals surface area (Å²) in [6.07, 6.45) is 12.7. The predicted octanol–water partition coefficient (Wildman–Crippen LogP) is 4.43. The Morgan fingerprint density at radius 3 is 2.52 bits per heavy atom. The van der Waals surface area contributed by atoms with Gasteiger partial charge in [-0.3, -0.25) is 14.4 Å². The van der Waals surface area contributed by atoms with Crippen molar-refractivity contribution in [3.05, 3.63) is 23.8 Å². The van der Waals surface area contributed by atoms with Gasteiger partial charge in [-0.05, 0) is 79.6 Å². The van der Waals surface area contributed by atoms with E-state index in [2.05, 4.69) is 26.0 Å². The van der Waals surface area contributed by atoms with Crippen LogP contribution < -0.4 is 0 Å². The Morgan fingerprint density at radius 1 is 1.07 bits per heavy atom. The molecule has 0 aliphatic heterocycles. The molecule has 0 spiro atoms. The number of fused-ring (bicyclic) bond motifs is 3. The maximum Gasteiger partial charge on any atom is 0.310 e. The molecule has 3 saturated carbocycles. The minimum Gasteiger partial charge on any atom is -0.469 e. The second-order valence-electron chi connectivity index (χ2n) is 10.8. The van der Waals surface area contributed by atoms with Crippen molar-refractivity contribution in [1.82, 2.24) is 0 Å². The number of ether oxygens (including phenoxy) is 1. The summed E-state index contributed by atoms with van der Waals surface area (Å²) >= 11 is 0. The van der Waals surface area contributed by atoms with E-state index in [4.69, 9.17) is 4.74 Å². The zero-order valence-corrected chi connectivity index (χ0v) is 18.0. The quantitative estimate of drug-likeness (QED) is 0.512. The Hall–Kier alpha value is -1.71. The molecule has 5 aliphatic carbocycles. The van der Waals surface area contributed by atoms with E-state index in [1.54, 1.807) is 6.92 Å². The van der Waals surface area contributed by atoms with E-state index in [1.165, 1.54) is 12.7 Å². The first-order valence-electron chi connectivity index (χ1n) is 11.2. The molecule has 4 nitrogen and oxygen atoms in total. The number of allylic oxidation sites excluding steroid dienone is 3. The summed E-state index contributed by atoms with van der Waals surface area (Å²) in [5.74, 6) is 0.725. The molecule has 0 radical (unpaired) electrons. The van der Waals surface area contributed by atoms with Crippen molar-refractivity contribution in [2.45, 2.75) is 65.7 Å². The van der Waals surface area contributed by atoms with Crippen LogP contribution in [0, 0.1) is 39.4 Å². The molecular formula is C25H32O4. The molecule has 4 heteroatoms. The lowest BCUT2D eigenvalue weighted by Crippen LogP contribution is -2.56. The first-order chi connectivity index (χ1) is 13.7. The normalized spacial score (nSPS) is 49.7. The van der Waals surface area contributed by atoms with Crippen molar-refractivity contribution in [3.8, 4) is 0 Å². The fourth-order valence-corrected chi connectivity index (χ4v) is 8.91. The number of rotatable bonds is 2. The third-order valence-electron chi connectivity index (χ3n) is 10.3. The van der Waals surface area contributed by atoms with Crippen molar-refractivity contribution in [2.75, 3.05) is 7.11 Å². The average molecular weight is 397 g/mol. The fraction of sp³-hybridized carbons (Fsp3) is 0.720. The summed E-state index contributed by atoms with van der Waals surface area (Å²) in [4.78, 5) is 38.0. The van der Waals surface area contributed by atoms with E-state index < -0.39 is 5.41 Å². The zero-order valence-electron chi connectivity index (χ0n) is 18.0. The predicted molar refractivity (Wildman–Crippen MR) is 109 cm³/mol. The lowest BCUT2D eigenvalue weighted by molar-refractivity contribution is -0.155. The lowest BCUT2D eigenvalue weighted by atomic mass is 9.41. The van der Waals surface area contributed by atoms with Gasteiger partial charge in [0.25, 0.3) is 0 Å². The first kappa shape index (κ1) is 19.3. The molecule has 3 fully saturated rings. The number of carbonyl (C=O) groups is 3. The van der Waals surface area contributed by atoms with Crippen molar-refractivity contribution in [2.24, 2.45) is 39.4 Å². The first-order valence-corrected chi connectivity index (χ1v) is 11.2. The van der Waals surface area contributed by atoms with Crippen LogP contribution in [0.5, 0.6) is 0 Å². The van der Waals surface area contributed by atoms with Crippen LogP contribution in [0.25, 0.3) is 0 Å². The van der Waals surface area contributed by atoms with Gasteiger partial charge < -0.3 is 4.74 Å². The third-order valence-corrected chi connectivity index (χ3v) is 10.3. The molecule has 29 heavy (non-hydrogen) atoms. The largest absolute Gasteiger partial charge is 0.469 e. The molecule has 0 amide bonds. The summed E-state index contributed by atoms with van der Waals surface area (Å²) in [5.41, 5.74) is 0.331. The van der Waals surface area contributed by atoms with Crippen LogP contribution in [0.3, 0.4) is 0 Å². The van der Waals surface area contributed by atoms with Gasteiger partial charge in [0.2, 0.25) is 0 Å². The van der Waals surface area contributed by atoms with Crippen LogP contribution >= 0.6 is 0 Å². The summed E-state index contributed by atoms with van der Waals surface area (Å²) in [6.45, 7) is 6.30. The van der Waals surface area contributed by atoms with E-state index in [-0.39, 0.29) is 39.7 Å². The minimum atomic E-state index is -0.732. The summed E-state index contributed by atoms with van der Waals surface area (Å²) < 4.78 is 5.19. The molecule has 2 unspecified atom stereocenters. The van der Waals surface area contributed by atoms with E-state index in [1.807, 2.05) is 6.08 Å². The molecule has 0 saturated heterocycles. The Labute approximate surface area is 173 Å². The topological polar surface area (TPSA) is 60.4 Å². The van der Waals surface area contributed by atoms with E-state index >= 15 is 0 Å². The van der Waals surface area contributed by atoms with Gasteiger partial charge in [0.1, 0.15) is 5.78 Å². The second kappa shape index (κ2) is 5.70. The van der Waals surface area contributed by atoms with Crippen LogP contribution in [0.15, 0.2) is 23.8 Å². The van der Waals surface area contributed by atoms with Gasteiger partial charge in [0.05, 0.1) is 18.4 Å². The number of hydrogen-bond acceptors (Lipinski definition) is 4. The summed E-state index contributed by atoms with van der Waals surface area (Å²) in [7, 11) is 1.44. The SMILES string of the molecule is COC(=O)[C@H]1CC23C=CC1(C(C)=O)[C@@]2(C)CC[C@H]1[C@H]3CCC2=CC(=O)CC[C@@]21C. The van der Waals surface area contributed by atoms with E-state index in [0.717, 1.165) is 38.5 Å². The van der Waals surface area contributed by atoms with Gasteiger partial charge in [-0.1, -0.05) is 31.6 Å². The average Bonchev–Trinajstić information content (AvgIpc) is 3.10. The van der Waals surface area contributed by atoms with Crippen molar-refractivity contribution in [3.63, 3.8) is 0 Å². The summed E-state index contributed by atoms with van der Waals surface area (Å²) in [6, 6.07) is 0. The monoisotopic (exact) mass is 396 g/mol. The van der Waals surface area contributed by atoms with Gasteiger partial charge >= 0.3 is 5.97 Å². The standard InChI is InChI=1S/C25H32O4/c1-15(26)25-12-11-24(14-20(25)21(28)29-4)19-6-5-16-13-17(27)7-9-22(16,2)18(19)8-10-23(24,25)3/h11-13,18-20H,5-10,14H2,1-4H3/t18-,19+,20+,22-,23-,24?,25?/m0/s1. The Balaban J connectivity index is 1.63. The van der Waals surface area contributed by atoms with Crippen LogP contribution in [-0.2, 0) is 19.1 Å². The van der Waals surface area contributed by atoms with E-state index in [0.29, 0.717) is 18.3 Å². The molecule has 2 bridgehead atoms. The molecule has 5 aliphatic rings. The van der Waals surface area contributed by atoms with Gasteiger partial charge in [-0.15, -0.1) is 0 Å². The van der Waals surface area contributed by atoms with Gasteiger partial charge in [0, 0.05) is 6.42 Å². The smallest absolute Gasteiger partial charge is 0.310 e. The summed E-state index contributed by atoms with van der Waals surface area (Å²) in [5, 5.41) is 0. The highest BCUT2D eigenvalue weighted by atomic mass is 16.5.